The summed E-state index contributed by atoms with van der Waals surface area (Å²) in [5, 5.41) is 11.7. The summed E-state index contributed by atoms with van der Waals surface area (Å²) in [6.45, 7) is 0.241. The first-order valence-electron chi connectivity index (χ1n) is 4.68. The number of nitrogens with one attached hydrogen (secondary N) is 1. The largest absolute Gasteiger partial charge is 0.376 e. The number of likely N-dealkylation sites (N-methyl/N-ethyl adjacent to an activating group) is 1. The molecule has 0 atom stereocenters. The molecule has 0 aliphatic carbocycles. The van der Waals surface area contributed by atoms with Crippen LogP contribution in [0.3, 0.4) is 0 Å². The number of hydrogen-bond donors (Lipinski definition) is 1. The fourth-order valence-corrected chi connectivity index (χ4v) is 1.52. The van der Waals surface area contributed by atoms with Gasteiger partial charge in [-0.05, 0) is 34.1 Å². The number of carbonyl (C=O) groups excluding carboxylic acids is 1. The molecule has 0 saturated carbocycles. The monoisotopic (exact) mass is 281 g/mol. The first-order valence-corrected chi connectivity index (χ1v) is 5.47. The van der Waals surface area contributed by atoms with E-state index in [1.54, 1.807) is 32.3 Å². The van der Waals surface area contributed by atoms with Crippen molar-refractivity contribution in [1.82, 2.24) is 4.90 Å². The van der Waals surface area contributed by atoms with Crippen molar-refractivity contribution in [2.45, 2.75) is 0 Å². The van der Waals surface area contributed by atoms with Crippen molar-refractivity contribution in [3.8, 4) is 6.07 Å². The summed E-state index contributed by atoms with van der Waals surface area (Å²) in [4.78, 5) is 12.8. The van der Waals surface area contributed by atoms with Gasteiger partial charge in [0.25, 0.3) is 0 Å². The van der Waals surface area contributed by atoms with Crippen LogP contribution in [0.4, 0.5) is 5.69 Å². The molecule has 0 aliphatic rings. The third-order valence-electron chi connectivity index (χ3n) is 2.03. The van der Waals surface area contributed by atoms with Gasteiger partial charge in [-0.3, -0.25) is 4.79 Å². The average Bonchev–Trinajstić information content (AvgIpc) is 2.25. The Bertz CT molecular complexity index is 437. The number of benzene rings is 1. The molecule has 0 saturated heterocycles. The summed E-state index contributed by atoms with van der Waals surface area (Å²) in [6.07, 6.45) is 0. The summed E-state index contributed by atoms with van der Waals surface area (Å²) >= 11 is 3.29. The van der Waals surface area contributed by atoms with Gasteiger partial charge in [-0.25, -0.2) is 0 Å². The van der Waals surface area contributed by atoms with Crippen molar-refractivity contribution >= 4 is 27.5 Å². The van der Waals surface area contributed by atoms with Gasteiger partial charge in [-0.15, -0.1) is 0 Å². The number of halogens is 1. The van der Waals surface area contributed by atoms with Crippen LogP contribution in [0.5, 0.6) is 0 Å². The highest BCUT2D eigenvalue weighted by molar-refractivity contribution is 9.10. The third-order valence-corrected chi connectivity index (χ3v) is 2.69. The molecule has 1 aromatic carbocycles. The van der Waals surface area contributed by atoms with Crippen LogP contribution in [0.1, 0.15) is 5.56 Å². The molecule has 0 aromatic heterocycles. The molecule has 0 aliphatic heterocycles. The fraction of sp³-hybridized carbons (Fsp3) is 0.273. The first kappa shape index (κ1) is 12.5. The lowest BCUT2D eigenvalue weighted by molar-refractivity contribution is -0.126. The van der Waals surface area contributed by atoms with E-state index in [4.69, 9.17) is 5.26 Å². The van der Waals surface area contributed by atoms with Gasteiger partial charge in [0, 0.05) is 24.3 Å². The van der Waals surface area contributed by atoms with Crippen LogP contribution in [0.25, 0.3) is 0 Å². The second-order valence-electron chi connectivity index (χ2n) is 3.45. The van der Waals surface area contributed by atoms with Crippen LogP contribution in [0.15, 0.2) is 22.7 Å². The number of rotatable bonds is 3. The van der Waals surface area contributed by atoms with Crippen LogP contribution < -0.4 is 5.32 Å². The summed E-state index contributed by atoms with van der Waals surface area (Å²) in [6, 6.07) is 7.31. The Morgan fingerprint density at radius 1 is 1.56 bits per heavy atom. The lowest BCUT2D eigenvalue weighted by Crippen LogP contribution is -2.28. The Morgan fingerprint density at radius 2 is 2.25 bits per heavy atom. The maximum atomic E-state index is 11.3. The predicted molar refractivity (Wildman–Crippen MR) is 66.0 cm³/mol. The molecule has 1 N–H and O–H groups in total. The summed E-state index contributed by atoms with van der Waals surface area (Å²) in [7, 11) is 3.41. The molecule has 1 rings (SSSR count). The Hall–Kier alpha value is -1.54. The van der Waals surface area contributed by atoms with Crippen LogP contribution in [-0.2, 0) is 4.79 Å². The maximum Gasteiger partial charge on any atom is 0.241 e. The lowest BCUT2D eigenvalue weighted by Gasteiger charge is -2.12. The zero-order valence-electron chi connectivity index (χ0n) is 9.12. The summed E-state index contributed by atoms with van der Waals surface area (Å²) in [5.41, 5.74) is 1.38. The molecule has 0 spiro atoms. The maximum absolute atomic E-state index is 11.3. The molecule has 84 valence electrons. The quantitative estimate of drug-likeness (QED) is 0.920. The summed E-state index contributed by atoms with van der Waals surface area (Å²) in [5.74, 6) is 0.000446. The highest BCUT2D eigenvalue weighted by Crippen LogP contribution is 2.20. The average molecular weight is 282 g/mol. The van der Waals surface area contributed by atoms with E-state index in [0.29, 0.717) is 5.56 Å². The van der Waals surface area contributed by atoms with Crippen molar-refractivity contribution in [3.63, 3.8) is 0 Å². The second-order valence-corrected chi connectivity index (χ2v) is 4.30. The van der Waals surface area contributed by atoms with E-state index in [2.05, 4.69) is 27.3 Å². The van der Waals surface area contributed by atoms with Crippen LogP contribution >= 0.6 is 15.9 Å². The van der Waals surface area contributed by atoms with Crippen molar-refractivity contribution < 1.29 is 4.79 Å². The van der Waals surface area contributed by atoms with E-state index in [-0.39, 0.29) is 12.5 Å². The SMILES string of the molecule is CN(C)C(=O)CNc1ccc(C#N)c(Br)c1. The normalized spacial score (nSPS) is 9.38. The van der Waals surface area contributed by atoms with Crippen molar-refractivity contribution in [2.24, 2.45) is 0 Å². The molecule has 0 bridgehead atoms. The molecule has 0 unspecified atom stereocenters. The minimum Gasteiger partial charge on any atom is -0.376 e. The van der Waals surface area contributed by atoms with Gasteiger partial charge in [0.15, 0.2) is 0 Å². The highest BCUT2D eigenvalue weighted by Gasteiger charge is 2.04. The molecule has 16 heavy (non-hydrogen) atoms. The summed E-state index contributed by atoms with van der Waals surface area (Å²) < 4.78 is 0.720. The second kappa shape index (κ2) is 5.52. The number of anilines is 1. The van der Waals surface area contributed by atoms with Crippen molar-refractivity contribution in [2.75, 3.05) is 26.0 Å². The van der Waals surface area contributed by atoms with E-state index in [9.17, 15) is 4.79 Å². The Labute approximate surface area is 103 Å². The van der Waals surface area contributed by atoms with Gasteiger partial charge >= 0.3 is 0 Å². The highest BCUT2D eigenvalue weighted by atomic mass is 79.9. The van der Waals surface area contributed by atoms with E-state index in [1.165, 1.54) is 4.90 Å². The molecule has 1 amide bonds. The van der Waals surface area contributed by atoms with Gasteiger partial charge in [0.2, 0.25) is 5.91 Å². The van der Waals surface area contributed by atoms with E-state index in [1.807, 2.05) is 0 Å². The number of nitrogens with zero attached hydrogens (tertiary/aromatic N) is 2. The Morgan fingerprint density at radius 3 is 2.75 bits per heavy atom. The molecule has 0 fully saturated rings. The fourth-order valence-electron chi connectivity index (χ4n) is 1.05. The van der Waals surface area contributed by atoms with Gasteiger partial charge in [-0.2, -0.15) is 5.26 Å². The Kier molecular flexibility index (Phi) is 4.32. The van der Waals surface area contributed by atoms with Gasteiger partial charge in [-0.1, -0.05) is 0 Å². The smallest absolute Gasteiger partial charge is 0.241 e. The topological polar surface area (TPSA) is 56.1 Å². The zero-order chi connectivity index (χ0) is 12.1. The minimum atomic E-state index is 0.000446. The predicted octanol–water partition coefficient (Wildman–Crippen LogP) is 1.82. The molecule has 4 nitrogen and oxygen atoms in total. The Balaban J connectivity index is 2.66. The number of hydrogen-bond acceptors (Lipinski definition) is 3. The number of amides is 1. The molecule has 5 heteroatoms. The molecule has 0 radical (unpaired) electrons. The molecule has 0 heterocycles. The number of carbonyl (C=O) groups is 1. The first-order chi connectivity index (χ1) is 7.54. The van der Waals surface area contributed by atoms with E-state index in [0.717, 1.165) is 10.2 Å². The van der Waals surface area contributed by atoms with E-state index >= 15 is 0 Å². The van der Waals surface area contributed by atoms with Gasteiger partial charge in [0.1, 0.15) is 6.07 Å². The van der Waals surface area contributed by atoms with Crippen LogP contribution in [-0.4, -0.2) is 31.4 Å². The zero-order valence-corrected chi connectivity index (χ0v) is 10.7. The lowest BCUT2D eigenvalue weighted by atomic mass is 10.2. The minimum absolute atomic E-state index is 0.000446. The molecular weight excluding hydrogens is 270 g/mol. The van der Waals surface area contributed by atoms with Crippen molar-refractivity contribution in [3.05, 3.63) is 28.2 Å². The van der Waals surface area contributed by atoms with Gasteiger partial charge in [0.05, 0.1) is 12.1 Å². The van der Waals surface area contributed by atoms with Gasteiger partial charge < -0.3 is 10.2 Å². The molecular formula is C11H12BrN3O. The third kappa shape index (κ3) is 3.24. The van der Waals surface area contributed by atoms with Crippen molar-refractivity contribution in [1.29, 1.82) is 5.26 Å². The van der Waals surface area contributed by atoms with Crippen LogP contribution in [0, 0.1) is 11.3 Å². The molecule has 1 aromatic rings. The number of nitriles is 1. The standard InChI is InChI=1S/C11H12BrN3O/c1-15(2)11(16)7-14-9-4-3-8(6-13)10(12)5-9/h3-5,14H,7H2,1-2H3. The van der Waals surface area contributed by atoms with E-state index < -0.39 is 0 Å². The van der Waals surface area contributed by atoms with Crippen LogP contribution in [0.2, 0.25) is 0 Å².